The summed E-state index contributed by atoms with van der Waals surface area (Å²) in [5.41, 5.74) is -2.54. The average molecular weight is 317 g/mol. The van der Waals surface area contributed by atoms with Crippen LogP contribution in [0.4, 0.5) is 0 Å². The van der Waals surface area contributed by atoms with Gasteiger partial charge in [0, 0.05) is 17.8 Å². The Morgan fingerprint density at radius 3 is 2.17 bits per heavy atom. The van der Waals surface area contributed by atoms with Crippen molar-refractivity contribution in [3.8, 4) is 0 Å². The van der Waals surface area contributed by atoms with E-state index in [-0.39, 0.29) is 17.7 Å². The van der Waals surface area contributed by atoms with Gasteiger partial charge in [0.15, 0.2) is 0 Å². The third kappa shape index (κ3) is 2.86. The fourth-order valence-corrected chi connectivity index (χ4v) is 7.04. The van der Waals surface area contributed by atoms with Crippen molar-refractivity contribution in [3.63, 3.8) is 0 Å². The summed E-state index contributed by atoms with van der Waals surface area (Å²) < 4.78 is 23.0. The van der Waals surface area contributed by atoms with Crippen LogP contribution >= 0.6 is 27.8 Å². The molecule has 5 unspecified atom stereocenters. The van der Waals surface area contributed by atoms with Crippen molar-refractivity contribution >= 4 is 27.8 Å². The summed E-state index contributed by atoms with van der Waals surface area (Å²) in [6.07, 6.45) is 0.568. The van der Waals surface area contributed by atoms with Crippen LogP contribution in [0.15, 0.2) is 0 Å². The summed E-state index contributed by atoms with van der Waals surface area (Å²) in [4.78, 5) is 37.4. The zero-order chi connectivity index (χ0) is 13.7. The average Bonchev–Trinajstić information content (AvgIpc) is 2.54. The van der Waals surface area contributed by atoms with Crippen LogP contribution in [0, 0.1) is 5.92 Å². The van der Waals surface area contributed by atoms with E-state index in [1.165, 1.54) is 0 Å². The second-order valence-corrected chi connectivity index (χ2v) is 9.39. The Hall–Kier alpha value is 0.610. The Kier molecular flexibility index (Phi) is 4.05. The molecule has 1 heterocycles. The Bertz CT molecular complexity index is 422. The van der Waals surface area contributed by atoms with Crippen LogP contribution in [0.1, 0.15) is 12.8 Å². The highest BCUT2D eigenvalue weighted by Gasteiger charge is 2.58. The van der Waals surface area contributed by atoms with Gasteiger partial charge in [0.05, 0.1) is 11.3 Å². The lowest BCUT2D eigenvalue weighted by molar-refractivity contribution is 0.291. The number of hydrogen-bond donors (Lipinski definition) is 6. The minimum Gasteiger partial charge on any atom is -0.324 e. The molecule has 1 saturated heterocycles. The Morgan fingerprint density at radius 2 is 1.67 bits per heavy atom. The third-order valence-corrected chi connectivity index (χ3v) is 7.37. The Balaban J connectivity index is 2.34. The molecule has 5 atom stereocenters. The maximum atomic E-state index is 11.6. The quantitative estimate of drug-likeness (QED) is 0.306. The molecule has 7 nitrogen and oxygen atoms in total. The van der Waals surface area contributed by atoms with Crippen LogP contribution in [0.2, 0.25) is 0 Å². The van der Waals surface area contributed by atoms with Crippen molar-refractivity contribution in [2.45, 2.75) is 35.5 Å². The van der Waals surface area contributed by atoms with Crippen molar-refractivity contribution < 1.29 is 28.7 Å². The van der Waals surface area contributed by atoms with Crippen molar-refractivity contribution in [1.29, 1.82) is 0 Å². The number of thiol groups is 1. The molecule has 0 aromatic heterocycles. The van der Waals surface area contributed by atoms with Crippen LogP contribution in [0.5, 0.6) is 0 Å². The molecular formula is C8H17NO6P2S. The number of nitrogens with one attached hydrogen (secondary N) is 1. The molecule has 1 aliphatic carbocycles. The van der Waals surface area contributed by atoms with Gasteiger partial charge >= 0.3 is 15.2 Å². The molecule has 2 rings (SSSR count). The predicted molar refractivity (Wildman–Crippen MR) is 69.0 cm³/mol. The van der Waals surface area contributed by atoms with Crippen LogP contribution in [-0.4, -0.2) is 48.7 Å². The van der Waals surface area contributed by atoms with Gasteiger partial charge in [-0.25, -0.2) is 0 Å². The summed E-state index contributed by atoms with van der Waals surface area (Å²) in [5.74, 6) is -0.431. The molecule has 18 heavy (non-hydrogen) atoms. The highest BCUT2D eigenvalue weighted by Crippen LogP contribution is 2.63. The lowest BCUT2D eigenvalue weighted by Gasteiger charge is -2.34. The maximum Gasteiger partial charge on any atom is 0.329 e. The number of piperidine rings is 1. The van der Waals surface area contributed by atoms with Gasteiger partial charge in [-0.05, 0) is 18.8 Å². The van der Waals surface area contributed by atoms with E-state index in [0.717, 1.165) is 0 Å². The molecule has 0 radical (unpaired) electrons. The molecule has 0 aromatic carbocycles. The minimum atomic E-state index is -4.55. The van der Waals surface area contributed by atoms with Crippen molar-refractivity contribution in [3.05, 3.63) is 0 Å². The first-order valence-corrected chi connectivity index (χ1v) is 9.50. The molecular weight excluding hydrogens is 300 g/mol. The van der Waals surface area contributed by atoms with E-state index >= 15 is 0 Å². The molecule has 106 valence electrons. The lowest BCUT2D eigenvalue weighted by atomic mass is 9.93. The van der Waals surface area contributed by atoms with Crippen LogP contribution < -0.4 is 5.32 Å². The molecule has 0 bridgehead atoms. The number of hydrogen-bond acceptors (Lipinski definition) is 4. The monoisotopic (exact) mass is 317 g/mol. The van der Waals surface area contributed by atoms with E-state index < -0.39 is 32.4 Å². The second-order valence-electron chi connectivity index (χ2n) is 5.04. The lowest BCUT2D eigenvalue weighted by Crippen LogP contribution is -2.45. The largest absolute Gasteiger partial charge is 0.329 e. The van der Waals surface area contributed by atoms with Gasteiger partial charge < -0.3 is 24.9 Å². The first kappa shape index (κ1) is 15.0. The third-order valence-electron chi connectivity index (χ3n) is 3.83. The van der Waals surface area contributed by atoms with Gasteiger partial charge in [0.25, 0.3) is 0 Å². The van der Waals surface area contributed by atoms with E-state index in [1.807, 2.05) is 0 Å². The molecule has 2 fully saturated rings. The predicted octanol–water partition coefficient (Wildman–Crippen LogP) is -0.241. The van der Waals surface area contributed by atoms with E-state index in [9.17, 15) is 28.7 Å². The second kappa shape index (κ2) is 4.86. The van der Waals surface area contributed by atoms with Crippen molar-refractivity contribution in [1.82, 2.24) is 5.32 Å². The van der Waals surface area contributed by atoms with Gasteiger partial charge in [-0.2, -0.15) is 12.6 Å². The minimum absolute atomic E-state index is 0.0455. The number of fused-ring (bicyclic) bond motifs is 1. The van der Waals surface area contributed by atoms with Gasteiger partial charge in [-0.3, -0.25) is 9.13 Å². The van der Waals surface area contributed by atoms with Gasteiger partial charge in [-0.15, -0.1) is 0 Å². The van der Waals surface area contributed by atoms with Crippen molar-refractivity contribution in [2.24, 2.45) is 5.92 Å². The zero-order valence-electron chi connectivity index (χ0n) is 9.46. The van der Waals surface area contributed by atoms with Gasteiger partial charge in [0.2, 0.25) is 0 Å². The highest BCUT2D eigenvalue weighted by atomic mass is 32.1. The van der Waals surface area contributed by atoms with Crippen LogP contribution in [0.3, 0.4) is 0 Å². The molecule has 0 spiro atoms. The molecule has 2 aliphatic rings. The van der Waals surface area contributed by atoms with E-state index in [4.69, 9.17) is 0 Å². The topological polar surface area (TPSA) is 127 Å². The normalized spacial score (nSPS) is 41.7. The summed E-state index contributed by atoms with van der Waals surface area (Å²) in [6, 6.07) is -0.247. The molecule has 0 aromatic rings. The smallest absolute Gasteiger partial charge is 0.324 e. The van der Waals surface area contributed by atoms with Crippen LogP contribution in [-0.2, 0) is 9.13 Å². The first-order chi connectivity index (χ1) is 8.10. The van der Waals surface area contributed by atoms with Crippen molar-refractivity contribution in [2.75, 3.05) is 6.54 Å². The molecule has 1 aliphatic heterocycles. The highest BCUT2D eigenvalue weighted by molar-refractivity contribution is 7.81. The van der Waals surface area contributed by atoms with E-state index in [1.54, 1.807) is 0 Å². The van der Waals surface area contributed by atoms with Gasteiger partial charge in [-0.1, -0.05) is 0 Å². The fraction of sp³-hybridized carbons (Fsp3) is 1.00. The SMILES string of the molecule is O=P(O)(O)C1CC2NCC(S)CC2C1P(=O)(O)O. The summed E-state index contributed by atoms with van der Waals surface area (Å²) >= 11 is 4.27. The standard InChI is InChI=1S/C8H17NO6P2S/c10-16(11,12)7-2-6-5(1-4(18)3-9-6)8(7)17(13,14)15/h4-9,18H,1-3H2,(H2,10,11,12)(H2,13,14,15). The van der Waals surface area contributed by atoms with Crippen LogP contribution in [0.25, 0.3) is 0 Å². The zero-order valence-corrected chi connectivity index (χ0v) is 12.1. The summed E-state index contributed by atoms with van der Waals surface area (Å²) in [7, 11) is -9.06. The summed E-state index contributed by atoms with van der Waals surface area (Å²) in [6.45, 7) is 0.589. The first-order valence-electron chi connectivity index (χ1n) is 5.62. The fourth-order valence-electron chi connectivity index (χ4n) is 3.13. The Morgan fingerprint density at radius 1 is 1.06 bits per heavy atom. The molecule has 1 saturated carbocycles. The molecule has 0 amide bonds. The number of rotatable bonds is 2. The maximum absolute atomic E-state index is 11.6. The van der Waals surface area contributed by atoms with E-state index in [0.29, 0.717) is 13.0 Å². The van der Waals surface area contributed by atoms with E-state index in [2.05, 4.69) is 17.9 Å². The molecule has 5 N–H and O–H groups in total. The van der Waals surface area contributed by atoms with Gasteiger partial charge in [0.1, 0.15) is 0 Å². The Labute approximate surface area is 110 Å². The molecule has 10 heteroatoms. The summed E-state index contributed by atoms with van der Waals surface area (Å²) in [5, 5.41) is 3.03.